The molecular weight excluding hydrogens is 457 g/mol. The minimum Gasteiger partial charge on any atom is -0.271 e. The molecule has 3 aromatic rings. The van der Waals surface area contributed by atoms with Gasteiger partial charge in [-0.15, -0.1) is 0 Å². The molecular formula is C22H19Cl2N3O3S. The molecule has 0 radical (unpaired) electrons. The van der Waals surface area contributed by atoms with Crippen molar-refractivity contribution >= 4 is 51.0 Å². The van der Waals surface area contributed by atoms with Crippen molar-refractivity contribution in [1.82, 2.24) is 5.43 Å². The van der Waals surface area contributed by atoms with Gasteiger partial charge in [-0.2, -0.15) is 5.10 Å². The molecule has 0 bridgehead atoms. The Labute approximate surface area is 191 Å². The van der Waals surface area contributed by atoms with Gasteiger partial charge in [-0.3, -0.25) is 9.10 Å². The molecule has 0 atom stereocenters. The summed E-state index contributed by atoms with van der Waals surface area (Å²) in [6.07, 6.45) is 1.48. The van der Waals surface area contributed by atoms with Crippen molar-refractivity contribution < 1.29 is 13.2 Å². The topological polar surface area (TPSA) is 78.8 Å². The SMILES string of the molecule is Cc1ccc(/C=N\NC(=O)CN(c2ccc(Cl)c(Cl)c2)S(=O)(=O)c2ccccc2)cc1. The van der Waals surface area contributed by atoms with Crippen LogP contribution in [-0.2, 0) is 14.8 Å². The van der Waals surface area contributed by atoms with E-state index in [9.17, 15) is 13.2 Å². The van der Waals surface area contributed by atoms with Crippen molar-refractivity contribution in [3.8, 4) is 0 Å². The van der Waals surface area contributed by atoms with Crippen LogP contribution < -0.4 is 9.73 Å². The lowest BCUT2D eigenvalue weighted by molar-refractivity contribution is -0.119. The van der Waals surface area contributed by atoms with E-state index in [0.29, 0.717) is 0 Å². The highest BCUT2D eigenvalue weighted by Gasteiger charge is 2.27. The van der Waals surface area contributed by atoms with Crippen molar-refractivity contribution in [2.75, 3.05) is 10.8 Å². The summed E-state index contributed by atoms with van der Waals surface area (Å²) in [7, 11) is -4.04. The Balaban J connectivity index is 1.85. The first kappa shape index (κ1) is 22.8. The first-order chi connectivity index (χ1) is 14.8. The van der Waals surface area contributed by atoms with Crippen molar-refractivity contribution in [3.63, 3.8) is 0 Å². The van der Waals surface area contributed by atoms with Gasteiger partial charge in [0.2, 0.25) is 0 Å². The number of anilines is 1. The molecule has 0 heterocycles. The number of hydrazone groups is 1. The lowest BCUT2D eigenvalue weighted by Crippen LogP contribution is -2.39. The van der Waals surface area contributed by atoms with E-state index in [4.69, 9.17) is 23.2 Å². The largest absolute Gasteiger partial charge is 0.271 e. The number of halogens is 2. The van der Waals surface area contributed by atoms with Crippen LogP contribution in [-0.4, -0.2) is 27.1 Å². The highest BCUT2D eigenvalue weighted by molar-refractivity contribution is 7.92. The lowest BCUT2D eigenvalue weighted by Gasteiger charge is -2.24. The third-order valence-electron chi connectivity index (χ3n) is 4.29. The molecule has 0 saturated carbocycles. The van der Waals surface area contributed by atoms with Crippen LogP contribution >= 0.6 is 23.2 Å². The minimum absolute atomic E-state index is 0.0389. The second kappa shape index (κ2) is 9.96. The predicted molar refractivity (Wildman–Crippen MR) is 124 cm³/mol. The van der Waals surface area contributed by atoms with E-state index in [1.165, 1.54) is 36.5 Å². The molecule has 0 aliphatic rings. The first-order valence-corrected chi connectivity index (χ1v) is 11.4. The number of hydrogen-bond acceptors (Lipinski definition) is 4. The summed E-state index contributed by atoms with van der Waals surface area (Å²) < 4.78 is 27.4. The standard InChI is InChI=1S/C22H19Cl2N3O3S/c1-16-7-9-17(10-8-16)14-25-26-22(28)15-27(18-11-12-20(23)21(24)13-18)31(29,30)19-5-3-2-4-6-19/h2-14H,15H2,1H3,(H,26,28)/b25-14-. The van der Waals surface area contributed by atoms with Crippen LogP contribution in [0.15, 0.2) is 82.8 Å². The maximum absolute atomic E-state index is 13.2. The smallest absolute Gasteiger partial charge is 0.264 e. The number of nitrogens with zero attached hydrogens (tertiary/aromatic N) is 2. The van der Waals surface area contributed by atoms with Crippen LogP contribution in [0.3, 0.4) is 0 Å². The Hall–Kier alpha value is -2.87. The Morgan fingerprint density at radius 1 is 1.00 bits per heavy atom. The van der Waals surface area contributed by atoms with Gasteiger partial charge in [-0.05, 0) is 42.8 Å². The molecule has 6 nitrogen and oxygen atoms in total. The lowest BCUT2D eigenvalue weighted by atomic mass is 10.2. The highest BCUT2D eigenvalue weighted by atomic mass is 35.5. The summed E-state index contributed by atoms with van der Waals surface area (Å²) in [4.78, 5) is 12.5. The molecule has 0 aliphatic heterocycles. The monoisotopic (exact) mass is 475 g/mol. The van der Waals surface area contributed by atoms with Crippen LogP contribution in [0.5, 0.6) is 0 Å². The van der Waals surface area contributed by atoms with E-state index >= 15 is 0 Å². The molecule has 1 N–H and O–H groups in total. The fourth-order valence-electron chi connectivity index (χ4n) is 2.67. The number of carbonyl (C=O) groups is 1. The van der Waals surface area contributed by atoms with Crippen molar-refractivity contribution in [2.24, 2.45) is 5.10 Å². The summed E-state index contributed by atoms with van der Waals surface area (Å²) in [6, 6.07) is 19.7. The fraction of sp³-hybridized carbons (Fsp3) is 0.0909. The highest BCUT2D eigenvalue weighted by Crippen LogP contribution is 2.30. The Morgan fingerprint density at radius 3 is 2.32 bits per heavy atom. The number of aryl methyl sites for hydroxylation is 1. The van der Waals surface area contributed by atoms with Gasteiger partial charge >= 0.3 is 0 Å². The van der Waals surface area contributed by atoms with Gasteiger partial charge in [0.15, 0.2) is 0 Å². The van der Waals surface area contributed by atoms with Gasteiger partial charge in [0.05, 0.1) is 26.8 Å². The van der Waals surface area contributed by atoms with Crippen LogP contribution in [0.25, 0.3) is 0 Å². The van der Waals surface area contributed by atoms with Crippen molar-refractivity contribution in [2.45, 2.75) is 11.8 Å². The van der Waals surface area contributed by atoms with E-state index in [-0.39, 0.29) is 20.6 Å². The van der Waals surface area contributed by atoms with E-state index in [1.54, 1.807) is 18.2 Å². The average molecular weight is 476 g/mol. The molecule has 0 aromatic heterocycles. The summed E-state index contributed by atoms with van der Waals surface area (Å²) in [5.74, 6) is -0.617. The number of carbonyl (C=O) groups excluding carboxylic acids is 1. The molecule has 1 amide bonds. The second-order valence-corrected chi connectivity index (χ2v) is 9.30. The van der Waals surface area contributed by atoms with Gasteiger partial charge in [0, 0.05) is 0 Å². The van der Waals surface area contributed by atoms with Gasteiger partial charge in [0.25, 0.3) is 15.9 Å². The molecule has 0 fully saturated rings. The number of hydrogen-bond donors (Lipinski definition) is 1. The minimum atomic E-state index is -4.04. The Kier molecular flexibility index (Phi) is 7.33. The molecule has 160 valence electrons. The Morgan fingerprint density at radius 2 is 1.68 bits per heavy atom. The summed E-state index contributed by atoms with van der Waals surface area (Å²) in [6.45, 7) is 1.47. The normalized spacial score (nSPS) is 11.5. The second-order valence-electron chi connectivity index (χ2n) is 6.63. The zero-order valence-electron chi connectivity index (χ0n) is 16.5. The van der Waals surface area contributed by atoms with Gasteiger partial charge in [0.1, 0.15) is 6.54 Å². The van der Waals surface area contributed by atoms with Gasteiger partial charge < -0.3 is 0 Å². The molecule has 9 heteroatoms. The zero-order valence-corrected chi connectivity index (χ0v) is 18.8. The van der Waals surface area contributed by atoms with Crippen molar-refractivity contribution in [3.05, 3.63) is 94.0 Å². The number of nitrogens with one attached hydrogen (secondary N) is 1. The van der Waals surface area contributed by atoms with Gasteiger partial charge in [-0.25, -0.2) is 13.8 Å². The fourth-order valence-corrected chi connectivity index (χ4v) is 4.40. The molecule has 0 unspecified atom stereocenters. The maximum Gasteiger partial charge on any atom is 0.264 e. The third kappa shape index (κ3) is 5.85. The Bertz CT molecular complexity index is 1200. The van der Waals surface area contributed by atoms with Gasteiger partial charge in [-0.1, -0.05) is 71.2 Å². The predicted octanol–water partition coefficient (Wildman–Crippen LogP) is 4.65. The number of amides is 1. The first-order valence-electron chi connectivity index (χ1n) is 9.19. The molecule has 31 heavy (non-hydrogen) atoms. The van der Waals surface area contributed by atoms with Crippen molar-refractivity contribution in [1.29, 1.82) is 0 Å². The molecule has 0 spiro atoms. The summed E-state index contributed by atoms with van der Waals surface area (Å²) in [5.41, 5.74) is 4.46. The zero-order chi connectivity index (χ0) is 22.4. The van der Waals surface area contributed by atoms with Crippen LogP contribution in [0, 0.1) is 6.92 Å². The van der Waals surface area contributed by atoms with E-state index in [0.717, 1.165) is 15.4 Å². The van der Waals surface area contributed by atoms with E-state index < -0.39 is 22.5 Å². The van der Waals surface area contributed by atoms with Crippen LogP contribution in [0.2, 0.25) is 10.0 Å². The van der Waals surface area contributed by atoms with Crippen LogP contribution in [0.4, 0.5) is 5.69 Å². The quantitative estimate of drug-likeness (QED) is 0.399. The molecule has 3 aromatic carbocycles. The van der Waals surface area contributed by atoms with Crippen LogP contribution in [0.1, 0.15) is 11.1 Å². The molecule has 0 saturated heterocycles. The number of sulfonamides is 1. The number of benzene rings is 3. The average Bonchev–Trinajstić information content (AvgIpc) is 2.76. The number of rotatable bonds is 7. The molecule has 0 aliphatic carbocycles. The third-order valence-corrected chi connectivity index (χ3v) is 6.82. The maximum atomic E-state index is 13.2. The summed E-state index contributed by atoms with van der Waals surface area (Å²) >= 11 is 12.0. The van der Waals surface area contributed by atoms with E-state index in [2.05, 4.69) is 10.5 Å². The summed E-state index contributed by atoms with van der Waals surface area (Å²) in [5, 5.41) is 4.36. The van der Waals surface area contributed by atoms with E-state index in [1.807, 2.05) is 31.2 Å². The molecule has 3 rings (SSSR count).